The Morgan fingerprint density at radius 3 is 1.86 bits per heavy atom. The highest BCUT2D eigenvalue weighted by molar-refractivity contribution is 7.67. The van der Waals surface area contributed by atoms with E-state index < -0.39 is 0 Å². The van der Waals surface area contributed by atoms with Crippen molar-refractivity contribution in [1.82, 2.24) is 0 Å². The molecular weight excluding hydrogens is 287 g/mol. The van der Waals surface area contributed by atoms with E-state index in [0.717, 1.165) is 5.56 Å². The third kappa shape index (κ3) is 3.52. The summed E-state index contributed by atoms with van der Waals surface area (Å²) in [5.41, 5.74) is 3.54. The van der Waals surface area contributed by atoms with Gasteiger partial charge in [0.1, 0.15) is 5.75 Å². The van der Waals surface area contributed by atoms with Crippen molar-refractivity contribution in [3.63, 3.8) is 0 Å². The third-order valence-electron chi connectivity index (χ3n) is 4.51. The largest absolute Gasteiger partial charge is 0.507 e. The van der Waals surface area contributed by atoms with Gasteiger partial charge in [0, 0.05) is 5.56 Å². The Labute approximate surface area is 136 Å². The Kier molecular flexibility index (Phi) is 6.03. The minimum atomic E-state index is -0.246. The molecule has 22 heavy (non-hydrogen) atoms. The van der Waals surface area contributed by atoms with Crippen LogP contribution in [0.5, 0.6) is 5.75 Å². The van der Waals surface area contributed by atoms with Crippen LogP contribution in [-0.2, 0) is 0 Å². The summed E-state index contributed by atoms with van der Waals surface area (Å²) in [5, 5.41) is 11.7. The fraction of sp³-hybridized carbons (Fsp3) is 0.400. The van der Waals surface area contributed by atoms with Gasteiger partial charge in [0.05, 0.1) is 0 Å². The molecule has 118 valence electrons. The maximum atomic E-state index is 10.3. The average Bonchev–Trinajstić information content (AvgIpc) is 2.55. The van der Waals surface area contributed by atoms with E-state index >= 15 is 0 Å². The number of para-hydroxylation sites is 1. The second-order valence-electron chi connectivity index (χ2n) is 5.96. The molecule has 0 aromatic heterocycles. The van der Waals surface area contributed by atoms with Crippen molar-refractivity contribution in [3.8, 4) is 16.9 Å². The van der Waals surface area contributed by atoms with Gasteiger partial charge >= 0.3 is 0 Å². The van der Waals surface area contributed by atoms with Gasteiger partial charge in [-0.25, -0.2) is 0 Å². The van der Waals surface area contributed by atoms with Crippen LogP contribution >= 0.6 is 7.92 Å². The second kappa shape index (κ2) is 7.79. The number of benzene rings is 2. The zero-order valence-corrected chi connectivity index (χ0v) is 15.0. The van der Waals surface area contributed by atoms with Gasteiger partial charge in [-0.2, -0.15) is 0 Å². The molecule has 2 unspecified atom stereocenters. The fourth-order valence-corrected chi connectivity index (χ4v) is 6.27. The summed E-state index contributed by atoms with van der Waals surface area (Å²) >= 11 is 0. The van der Waals surface area contributed by atoms with Crippen molar-refractivity contribution in [2.24, 2.45) is 0 Å². The zero-order chi connectivity index (χ0) is 16.1. The molecule has 0 saturated heterocycles. The fourth-order valence-electron chi connectivity index (χ4n) is 2.93. The predicted molar refractivity (Wildman–Crippen MR) is 99.6 cm³/mol. The molecule has 1 nitrogen and oxygen atoms in total. The Hall–Kier alpha value is -1.33. The highest BCUT2D eigenvalue weighted by Crippen LogP contribution is 2.50. The van der Waals surface area contributed by atoms with E-state index in [1.165, 1.54) is 23.7 Å². The first-order chi connectivity index (χ1) is 10.6. The molecule has 1 N–H and O–H groups in total. The van der Waals surface area contributed by atoms with E-state index in [2.05, 4.69) is 52.0 Å². The molecule has 2 heteroatoms. The monoisotopic (exact) mass is 314 g/mol. The van der Waals surface area contributed by atoms with Crippen molar-refractivity contribution in [3.05, 3.63) is 48.5 Å². The van der Waals surface area contributed by atoms with Crippen molar-refractivity contribution < 1.29 is 5.11 Å². The Balaban J connectivity index is 2.57. The lowest BCUT2D eigenvalue weighted by atomic mass is 10.0. The lowest BCUT2D eigenvalue weighted by Crippen LogP contribution is -2.19. The summed E-state index contributed by atoms with van der Waals surface area (Å²) < 4.78 is 0. The van der Waals surface area contributed by atoms with Crippen LogP contribution in [-0.4, -0.2) is 16.4 Å². The molecule has 2 aromatic rings. The highest BCUT2D eigenvalue weighted by Gasteiger charge is 2.25. The molecule has 2 aromatic carbocycles. The zero-order valence-electron chi connectivity index (χ0n) is 14.1. The lowest BCUT2D eigenvalue weighted by Gasteiger charge is -2.31. The number of aromatic hydroxyl groups is 1. The van der Waals surface area contributed by atoms with Gasteiger partial charge in [-0.05, 0) is 41.1 Å². The van der Waals surface area contributed by atoms with E-state index in [9.17, 15) is 5.11 Å². The second-order valence-corrected chi connectivity index (χ2v) is 9.02. The summed E-state index contributed by atoms with van der Waals surface area (Å²) in [6.07, 6.45) is 2.40. The van der Waals surface area contributed by atoms with Crippen LogP contribution in [0.15, 0.2) is 48.5 Å². The molecule has 0 saturated carbocycles. The van der Waals surface area contributed by atoms with Crippen LogP contribution in [0.25, 0.3) is 11.1 Å². The summed E-state index contributed by atoms with van der Waals surface area (Å²) in [6, 6.07) is 16.3. The Morgan fingerprint density at radius 1 is 0.818 bits per heavy atom. The first-order valence-corrected chi connectivity index (χ1v) is 9.73. The maximum Gasteiger partial charge on any atom is 0.123 e. The number of hydrogen-bond acceptors (Lipinski definition) is 1. The highest BCUT2D eigenvalue weighted by atomic mass is 31.1. The predicted octanol–water partition coefficient (Wildman–Crippen LogP) is 5.76. The van der Waals surface area contributed by atoms with Crippen LogP contribution in [0.3, 0.4) is 0 Å². The van der Waals surface area contributed by atoms with Crippen molar-refractivity contribution >= 4 is 13.2 Å². The summed E-state index contributed by atoms with van der Waals surface area (Å²) in [6.45, 7) is 9.31. The van der Waals surface area contributed by atoms with E-state index in [1.807, 2.05) is 18.2 Å². The molecule has 0 aliphatic rings. The Bertz CT molecular complexity index is 598. The summed E-state index contributed by atoms with van der Waals surface area (Å²) in [4.78, 5) is 0. The van der Waals surface area contributed by atoms with Crippen molar-refractivity contribution in [1.29, 1.82) is 0 Å². The minimum absolute atomic E-state index is 0.246. The SMILES string of the molecule is CCC(C)P(c1ccccc1-c1ccccc1O)C(C)CC. The van der Waals surface area contributed by atoms with Gasteiger partial charge in [0.2, 0.25) is 0 Å². The van der Waals surface area contributed by atoms with Gasteiger partial charge < -0.3 is 5.11 Å². The van der Waals surface area contributed by atoms with Crippen LogP contribution in [0.1, 0.15) is 40.5 Å². The topological polar surface area (TPSA) is 20.2 Å². The molecule has 0 aliphatic heterocycles. The number of phenols is 1. The average molecular weight is 314 g/mol. The smallest absolute Gasteiger partial charge is 0.123 e. The number of hydrogen-bond donors (Lipinski definition) is 1. The molecule has 2 rings (SSSR count). The Morgan fingerprint density at radius 2 is 1.32 bits per heavy atom. The standard InChI is InChI=1S/C20H27OP/c1-5-15(3)22(16(4)6-2)20-14-10-8-12-18(20)17-11-7-9-13-19(17)21/h7-16,21H,5-6H2,1-4H3. The van der Waals surface area contributed by atoms with Gasteiger partial charge in [-0.1, -0.05) is 78.1 Å². The van der Waals surface area contributed by atoms with Crippen molar-refractivity contribution in [2.45, 2.75) is 51.9 Å². The van der Waals surface area contributed by atoms with Gasteiger partial charge in [-0.15, -0.1) is 0 Å². The first-order valence-electron chi connectivity index (χ1n) is 8.25. The number of phenolic OH excluding ortho intramolecular Hbond substituents is 1. The van der Waals surface area contributed by atoms with Crippen LogP contribution < -0.4 is 5.30 Å². The summed E-state index contributed by atoms with van der Waals surface area (Å²) in [7, 11) is -0.246. The maximum absolute atomic E-state index is 10.3. The first kappa shape index (κ1) is 17.0. The molecule has 0 fully saturated rings. The van der Waals surface area contributed by atoms with Crippen LogP contribution in [0, 0.1) is 0 Å². The molecule has 2 atom stereocenters. The van der Waals surface area contributed by atoms with E-state index in [-0.39, 0.29) is 7.92 Å². The lowest BCUT2D eigenvalue weighted by molar-refractivity contribution is 0.477. The summed E-state index contributed by atoms with van der Waals surface area (Å²) in [5.74, 6) is 0.373. The molecule has 0 radical (unpaired) electrons. The van der Waals surface area contributed by atoms with E-state index in [4.69, 9.17) is 0 Å². The van der Waals surface area contributed by atoms with Crippen molar-refractivity contribution in [2.75, 3.05) is 0 Å². The molecule has 0 spiro atoms. The quantitative estimate of drug-likeness (QED) is 0.672. The molecular formula is C20H27OP. The molecule has 0 amide bonds. The van der Waals surface area contributed by atoms with E-state index in [0.29, 0.717) is 17.1 Å². The minimum Gasteiger partial charge on any atom is -0.507 e. The van der Waals surface area contributed by atoms with Crippen LogP contribution in [0.4, 0.5) is 0 Å². The normalized spacial score (nSPS) is 15.3. The molecule has 0 aliphatic carbocycles. The van der Waals surface area contributed by atoms with Gasteiger partial charge in [-0.3, -0.25) is 0 Å². The van der Waals surface area contributed by atoms with E-state index in [1.54, 1.807) is 6.07 Å². The van der Waals surface area contributed by atoms with Gasteiger partial charge in [0.25, 0.3) is 0 Å². The van der Waals surface area contributed by atoms with Gasteiger partial charge in [0.15, 0.2) is 0 Å². The molecule has 0 heterocycles. The molecule has 0 bridgehead atoms. The van der Waals surface area contributed by atoms with Crippen LogP contribution in [0.2, 0.25) is 0 Å². The number of rotatable bonds is 6. The third-order valence-corrected chi connectivity index (χ3v) is 8.08.